The average molecular weight is 244 g/mol. The molecular weight excluding hydrogens is 234 g/mol. The van der Waals surface area contributed by atoms with E-state index in [-0.39, 0.29) is 11.1 Å². The van der Waals surface area contributed by atoms with Crippen LogP contribution in [0.4, 0.5) is 8.78 Å². The van der Waals surface area contributed by atoms with E-state index in [0.717, 1.165) is 0 Å². The number of halogens is 2. The van der Waals surface area contributed by atoms with Crippen LogP contribution in [0, 0.1) is 24.0 Å². The van der Waals surface area contributed by atoms with E-state index in [4.69, 9.17) is 11.2 Å². The molecule has 0 spiro atoms. The van der Waals surface area contributed by atoms with Crippen LogP contribution in [0.25, 0.3) is 11.1 Å². The second-order valence-corrected chi connectivity index (χ2v) is 3.68. The third-order valence-corrected chi connectivity index (χ3v) is 2.60. The highest BCUT2D eigenvalue weighted by atomic mass is 19.1. The van der Waals surface area contributed by atoms with Gasteiger partial charge in [-0.15, -0.1) is 6.42 Å². The monoisotopic (exact) mass is 244 g/mol. The van der Waals surface area contributed by atoms with Crippen molar-refractivity contribution in [2.45, 2.75) is 0 Å². The molecule has 0 fully saturated rings. The summed E-state index contributed by atoms with van der Waals surface area (Å²) < 4.78 is 32.5. The summed E-state index contributed by atoms with van der Waals surface area (Å²) in [6.07, 6.45) is 5.17. The van der Waals surface area contributed by atoms with Gasteiger partial charge in [0.25, 0.3) is 0 Å². The predicted molar refractivity (Wildman–Crippen MR) is 66.3 cm³/mol. The zero-order valence-electron chi connectivity index (χ0n) is 9.71. The van der Waals surface area contributed by atoms with Crippen LogP contribution >= 0.6 is 0 Å². The van der Waals surface area contributed by atoms with Gasteiger partial charge in [-0.3, -0.25) is 0 Å². The number of hydrogen-bond donors (Lipinski definition) is 0. The van der Waals surface area contributed by atoms with Crippen molar-refractivity contribution in [1.29, 1.82) is 0 Å². The molecule has 18 heavy (non-hydrogen) atoms. The molecular formula is C15H10F2O. The molecule has 2 aromatic rings. The van der Waals surface area contributed by atoms with E-state index < -0.39 is 11.6 Å². The number of rotatable bonds is 2. The fourth-order valence-electron chi connectivity index (χ4n) is 1.66. The molecule has 0 aromatic heterocycles. The molecule has 90 valence electrons. The first-order valence-corrected chi connectivity index (χ1v) is 5.26. The number of methoxy groups -OCH3 is 1. The molecule has 3 heteroatoms. The van der Waals surface area contributed by atoms with Gasteiger partial charge in [-0.2, -0.15) is 0 Å². The summed E-state index contributed by atoms with van der Waals surface area (Å²) in [6, 6.07) is 8.51. The highest BCUT2D eigenvalue weighted by Crippen LogP contribution is 2.28. The minimum Gasteiger partial charge on any atom is -0.497 e. The smallest absolute Gasteiger partial charge is 0.134 e. The molecule has 1 nitrogen and oxygen atoms in total. The van der Waals surface area contributed by atoms with E-state index >= 15 is 0 Å². The van der Waals surface area contributed by atoms with Gasteiger partial charge in [0.15, 0.2) is 0 Å². The molecule has 0 aliphatic heterocycles. The molecule has 0 saturated heterocycles. The molecule has 2 rings (SSSR count). The van der Waals surface area contributed by atoms with Crippen molar-refractivity contribution in [2.24, 2.45) is 0 Å². The van der Waals surface area contributed by atoms with Crippen molar-refractivity contribution in [3.05, 3.63) is 53.6 Å². The van der Waals surface area contributed by atoms with Crippen molar-refractivity contribution in [2.75, 3.05) is 7.11 Å². The number of hydrogen-bond acceptors (Lipinski definition) is 1. The molecule has 0 heterocycles. The predicted octanol–water partition coefficient (Wildman–Crippen LogP) is 3.62. The lowest BCUT2D eigenvalue weighted by Gasteiger charge is -2.07. The Bertz CT molecular complexity index is 627. The van der Waals surface area contributed by atoms with Crippen LogP contribution < -0.4 is 4.74 Å². The number of ether oxygens (including phenoxy) is 1. The lowest BCUT2D eigenvalue weighted by atomic mass is 10.0. The van der Waals surface area contributed by atoms with Crippen molar-refractivity contribution < 1.29 is 13.5 Å². The minimum absolute atomic E-state index is 0.175. The van der Waals surface area contributed by atoms with Crippen LogP contribution in [0.2, 0.25) is 0 Å². The van der Waals surface area contributed by atoms with Crippen molar-refractivity contribution >= 4 is 0 Å². The fraction of sp³-hybridized carbons (Fsp3) is 0.0667. The van der Waals surface area contributed by atoms with Crippen LogP contribution in [-0.2, 0) is 0 Å². The van der Waals surface area contributed by atoms with E-state index in [0.29, 0.717) is 11.3 Å². The summed E-state index contributed by atoms with van der Waals surface area (Å²) in [5, 5.41) is 0. The quantitative estimate of drug-likeness (QED) is 0.733. The molecule has 0 aliphatic carbocycles. The summed E-state index contributed by atoms with van der Waals surface area (Å²) >= 11 is 0. The first kappa shape index (κ1) is 12.1. The van der Waals surface area contributed by atoms with Crippen LogP contribution in [0.1, 0.15) is 5.56 Å². The molecule has 2 aromatic carbocycles. The average Bonchev–Trinajstić information content (AvgIpc) is 2.39. The van der Waals surface area contributed by atoms with Gasteiger partial charge in [-0.25, -0.2) is 8.78 Å². The minimum atomic E-state index is -0.547. The Labute approximate surface area is 104 Å². The third kappa shape index (κ3) is 2.18. The lowest BCUT2D eigenvalue weighted by molar-refractivity contribution is 0.411. The summed E-state index contributed by atoms with van der Waals surface area (Å²) in [7, 11) is 1.44. The largest absolute Gasteiger partial charge is 0.497 e. The molecule has 0 amide bonds. The Kier molecular flexibility index (Phi) is 3.29. The molecule has 0 aliphatic rings. The van der Waals surface area contributed by atoms with Gasteiger partial charge in [-0.05, 0) is 24.3 Å². The first-order chi connectivity index (χ1) is 8.65. The maximum Gasteiger partial charge on any atom is 0.134 e. The number of terminal acetylenes is 1. The summed E-state index contributed by atoms with van der Waals surface area (Å²) in [6.45, 7) is 0. The van der Waals surface area contributed by atoms with E-state index in [9.17, 15) is 8.78 Å². The molecule has 0 radical (unpaired) electrons. The summed E-state index contributed by atoms with van der Waals surface area (Å²) in [4.78, 5) is 0. The second kappa shape index (κ2) is 4.89. The van der Waals surface area contributed by atoms with Gasteiger partial charge in [0.1, 0.15) is 17.4 Å². The van der Waals surface area contributed by atoms with Crippen LogP contribution in [0.5, 0.6) is 5.75 Å². The Morgan fingerprint density at radius 2 is 1.61 bits per heavy atom. The normalized spacial score (nSPS) is 9.89. The highest BCUT2D eigenvalue weighted by Gasteiger charge is 2.11. The number of benzene rings is 2. The topological polar surface area (TPSA) is 9.23 Å². The summed E-state index contributed by atoms with van der Waals surface area (Å²) in [5.74, 6) is 1.62. The Balaban J connectivity index is 2.52. The third-order valence-electron chi connectivity index (χ3n) is 2.60. The van der Waals surface area contributed by atoms with Gasteiger partial charge < -0.3 is 4.74 Å². The maximum absolute atomic E-state index is 13.8. The van der Waals surface area contributed by atoms with Gasteiger partial charge in [0.05, 0.1) is 7.11 Å². The maximum atomic E-state index is 13.8. The molecule has 0 atom stereocenters. The Hall–Kier alpha value is -2.34. The van der Waals surface area contributed by atoms with Crippen LogP contribution in [0.3, 0.4) is 0 Å². The van der Waals surface area contributed by atoms with Gasteiger partial charge in [0, 0.05) is 22.8 Å². The second-order valence-electron chi connectivity index (χ2n) is 3.68. The SMILES string of the molecule is C#Cc1ccc(-c2ccc(OC)cc2F)c(F)c1. The van der Waals surface area contributed by atoms with Crippen LogP contribution in [-0.4, -0.2) is 7.11 Å². The van der Waals surface area contributed by atoms with Gasteiger partial charge in [-0.1, -0.05) is 12.0 Å². The zero-order valence-corrected chi connectivity index (χ0v) is 9.71. The van der Waals surface area contributed by atoms with Crippen molar-refractivity contribution in [1.82, 2.24) is 0 Å². The van der Waals surface area contributed by atoms with E-state index in [2.05, 4.69) is 5.92 Å². The first-order valence-electron chi connectivity index (χ1n) is 5.26. The van der Waals surface area contributed by atoms with Crippen molar-refractivity contribution in [3.8, 4) is 29.2 Å². The van der Waals surface area contributed by atoms with Gasteiger partial charge in [0.2, 0.25) is 0 Å². The molecule has 0 bridgehead atoms. The molecule has 0 saturated carbocycles. The van der Waals surface area contributed by atoms with E-state index in [1.165, 1.54) is 31.4 Å². The van der Waals surface area contributed by atoms with E-state index in [1.807, 2.05) is 0 Å². The lowest BCUT2D eigenvalue weighted by Crippen LogP contribution is -1.91. The Morgan fingerprint density at radius 3 is 2.11 bits per heavy atom. The van der Waals surface area contributed by atoms with Crippen LogP contribution in [0.15, 0.2) is 36.4 Å². The molecule has 0 unspecified atom stereocenters. The Morgan fingerprint density at radius 1 is 1.00 bits per heavy atom. The van der Waals surface area contributed by atoms with E-state index in [1.54, 1.807) is 12.1 Å². The van der Waals surface area contributed by atoms with Crippen molar-refractivity contribution in [3.63, 3.8) is 0 Å². The fourth-order valence-corrected chi connectivity index (χ4v) is 1.66. The zero-order chi connectivity index (χ0) is 13.1. The van der Waals surface area contributed by atoms with Gasteiger partial charge >= 0.3 is 0 Å². The summed E-state index contributed by atoms with van der Waals surface area (Å²) in [5.41, 5.74) is 0.774. The highest BCUT2D eigenvalue weighted by molar-refractivity contribution is 5.66. The molecule has 0 N–H and O–H groups in total. The standard InChI is InChI=1S/C15H10F2O/c1-3-10-4-6-12(14(16)8-10)13-7-5-11(18-2)9-15(13)17/h1,4-9H,2H3.